The summed E-state index contributed by atoms with van der Waals surface area (Å²) in [6.45, 7) is 4.16. The Morgan fingerprint density at radius 1 is 1.21 bits per heavy atom. The van der Waals surface area contributed by atoms with Gasteiger partial charge >= 0.3 is 0 Å². The van der Waals surface area contributed by atoms with Gasteiger partial charge in [0.1, 0.15) is 0 Å². The Morgan fingerprint density at radius 3 is 2.58 bits per heavy atom. The topological polar surface area (TPSA) is 42.1 Å². The highest BCUT2D eigenvalue weighted by molar-refractivity contribution is 5.62. The lowest BCUT2D eigenvalue weighted by Crippen LogP contribution is -2.13. The van der Waals surface area contributed by atoms with Crippen molar-refractivity contribution in [1.82, 2.24) is 4.98 Å². The molecule has 1 aromatic heterocycles. The van der Waals surface area contributed by atoms with Crippen LogP contribution in [0.5, 0.6) is 0 Å². The Kier molecular flexibility index (Phi) is 4.17. The summed E-state index contributed by atoms with van der Waals surface area (Å²) in [5.74, 6) is 0. The summed E-state index contributed by atoms with van der Waals surface area (Å²) < 4.78 is 0. The molecule has 0 fully saturated rings. The molecular formula is C16H21N3. The van der Waals surface area contributed by atoms with Gasteiger partial charge in [-0.15, -0.1) is 0 Å². The summed E-state index contributed by atoms with van der Waals surface area (Å²) >= 11 is 0. The summed E-state index contributed by atoms with van der Waals surface area (Å²) in [6.07, 6.45) is 2.78. The smallest absolute Gasteiger partial charge is 0.0594 e. The third kappa shape index (κ3) is 3.12. The van der Waals surface area contributed by atoms with E-state index in [0.717, 1.165) is 23.5 Å². The lowest BCUT2D eigenvalue weighted by Gasteiger charge is -2.20. The lowest BCUT2D eigenvalue weighted by atomic mass is 10.1. The Balaban J connectivity index is 2.22. The fourth-order valence-corrected chi connectivity index (χ4v) is 2.01. The van der Waals surface area contributed by atoms with Crippen LogP contribution in [0.4, 0.5) is 11.4 Å². The van der Waals surface area contributed by atoms with E-state index < -0.39 is 0 Å². The van der Waals surface area contributed by atoms with Crippen LogP contribution < -0.4 is 10.6 Å². The molecule has 0 unspecified atom stereocenters. The van der Waals surface area contributed by atoms with E-state index in [-0.39, 0.29) is 6.04 Å². The van der Waals surface area contributed by atoms with Crippen molar-refractivity contribution in [1.29, 1.82) is 0 Å². The normalized spacial score (nSPS) is 12.2. The van der Waals surface area contributed by atoms with Gasteiger partial charge in [-0.25, -0.2) is 0 Å². The zero-order valence-electron chi connectivity index (χ0n) is 11.8. The zero-order chi connectivity index (χ0) is 13.8. The van der Waals surface area contributed by atoms with Gasteiger partial charge in [0, 0.05) is 18.8 Å². The van der Waals surface area contributed by atoms with E-state index in [1.54, 1.807) is 0 Å². The van der Waals surface area contributed by atoms with Crippen molar-refractivity contribution in [3.63, 3.8) is 0 Å². The van der Waals surface area contributed by atoms with E-state index in [4.69, 9.17) is 5.73 Å². The molecular weight excluding hydrogens is 234 g/mol. The summed E-state index contributed by atoms with van der Waals surface area (Å²) in [5.41, 5.74) is 10.4. The molecule has 2 aromatic rings. The van der Waals surface area contributed by atoms with Gasteiger partial charge in [-0.1, -0.05) is 19.1 Å². The van der Waals surface area contributed by atoms with Crippen molar-refractivity contribution in [2.45, 2.75) is 26.3 Å². The molecule has 3 nitrogen and oxygen atoms in total. The minimum atomic E-state index is 0.0262. The highest BCUT2D eigenvalue weighted by Crippen LogP contribution is 2.24. The first-order valence-electron chi connectivity index (χ1n) is 6.63. The maximum Gasteiger partial charge on any atom is 0.0594 e. The summed E-state index contributed by atoms with van der Waals surface area (Å²) in [6, 6.07) is 12.5. The van der Waals surface area contributed by atoms with Crippen LogP contribution in [0, 0.1) is 6.92 Å². The van der Waals surface area contributed by atoms with Crippen molar-refractivity contribution in [2.24, 2.45) is 5.73 Å². The number of nitrogens with two attached hydrogens (primary N) is 1. The number of hydrogen-bond acceptors (Lipinski definition) is 3. The molecule has 19 heavy (non-hydrogen) atoms. The second-order valence-electron chi connectivity index (χ2n) is 4.85. The zero-order valence-corrected chi connectivity index (χ0v) is 11.8. The van der Waals surface area contributed by atoms with Gasteiger partial charge in [-0.3, -0.25) is 4.98 Å². The molecule has 0 spiro atoms. The predicted octanol–water partition coefficient (Wildman–Crippen LogP) is 3.57. The molecule has 0 amide bonds. The number of nitrogens with zero attached hydrogens (tertiary/aromatic N) is 2. The number of rotatable bonds is 4. The van der Waals surface area contributed by atoms with Crippen molar-refractivity contribution >= 4 is 11.4 Å². The van der Waals surface area contributed by atoms with Crippen LogP contribution >= 0.6 is 0 Å². The first kappa shape index (κ1) is 13.6. The summed E-state index contributed by atoms with van der Waals surface area (Å²) in [5, 5.41) is 0. The Morgan fingerprint density at radius 2 is 2.00 bits per heavy atom. The molecule has 1 atom stereocenters. The molecule has 1 heterocycles. The Hall–Kier alpha value is -1.87. The van der Waals surface area contributed by atoms with Crippen LogP contribution in [-0.2, 0) is 0 Å². The molecule has 0 aliphatic heterocycles. The van der Waals surface area contributed by atoms with Crippen LogP contribution in [0.3, 0.4) is 0 Å². The van der Waals surface area contributed by atoms with Crippen LogP contribution in [-0.4, -0.2) is 12.0 Å². The van der Waals surface area contributed by atoms with Crippen LogP contribution in [0.2, 0.25) is 0 Å². The van der Waals surface area contributed by atoms with E-state index in [1.807, 2.05) is 19.3 Å². The van der Waals surface area contributed by atoms with E-state index >= 15 is 0 Å². The Bertz CT molecular complexity index is 534. The molecule has 3 heteroatoms. The van der Waals surface area contributed by atoms with E-state index in [1.165, 1.54) is 5.56 Å². The fourth-order valence-electron chi connectivity index (χ4n) is 2.01. The summed E-state index contributed by atoms with van der Waals surface area (Å²) in [7, 11) is 2.05. The number of anilines is 2. The third-order valence-electron chi connectivity index (χ3n) is 3.37. The number of aromatic nitrogens is 1. The second-order valence-corrected chi connectivity index (χ2v) is 4.85. The van der Waals surface area contributed by atoms with Gasteiger partial charge in [-0.05, 0) is 43.2 Å². The van der Waals surface area contributed by atoms with Crippen LogP contribution in [0.25, 0.3) is 0 Å². The molecule has 2 N–H and O–H groups in total. The average molecular weight is 255 g/mol. The molecule has 0 aliphatic rings. The molecule has 2 rings (SSSR count). The number of aryl methyl sites for hydroxylation is 1. The molecule has 0 radical (unpaired) electrons. The van der Waals surface area contributed by atoms with Crippen LogP contribution in [0.1, 0.15) is 30.6 Å². The lowest BCUT2D eigenvalue weighted by molar-refractivity contribution is 0.675. The maximum absolute atomic E-state index is 5.98. The van der Waals surface area contributed by atoms with Gasteiger partial charge in [0.25, 0.3) is 0 Å². The molecule has 0 aliphatic carbocycles. The van der Waals surface area contributed by atoms with Crippen molar-refractivity contribution in [2.75, 3.05) is 11.9 Å². The number of benzene rings is 1. The predicted molar refractivity (Wildman–Crippen MR) is 80.7 cm³/mol. The number of hydrogen-bond donors (Lipinski definition) is 1. The van der Waals surface area contributed by atoms with Crippen molar-refractivity contribution in [3.8, 4) is 0 Å². The first-order valence-corrected chi connectivity index (χ1v) is 6.63. The first-order chi connectivity index (χ1) is 9.11. The maximum atomic E-state index is 5.98. The molecule has 0 bridgehead atoms. The quantitative estimate of drug-likeness (QED) is 0.908. The Labute approximate surface area is 115 Å². The standard InChI is InChI=1S/C16H21N3/c1-4-15(17)16-9-8-14(11-18-16)19(3)13-7-5-6-12(2)10-13/h5-11,15H,4,17H2,1-3H3/t15-/m0/s1. The van der Waals surface area contributed by atoms with Gasteiger partial charge in [-0.2, -0.15) is 0 Å². The van der Waals surface area contributed by atoms with Crippen LogP contribution in [0.15, 0.2) is 42.6 Å². The van der Waals surface area contributed by atoms with E-state index in [9.17, 15) is 0 Å². The highest BCUT2D eigenvalue weighted by atomic mass is 15.1. The second kappa shape index (κ2) is 5.85. The SMILES string of the molecule is CC[C@H](N)c1ccc(N(C)c2cccc(C)c2)cn1. The fraction of sp³-hybridized carbons (Fsp3) is 0.312. The molecule has 100 valence electrons. The summed E-state index contributed by atoms with van der Waals surface area (Å²) in [4.78, 5) is 6.58. The average Bonchev–Trinajstić information content (AvgIpc) is 2.46. The van der Waals surface area contributed by atoms with Crippen molar-refractivity contribution in [3.05, 3.63) is 53.9 Å². The van der Waals surface area contributed by atoms with Gasteiger partial charge in [0.05, 0.1) is 17.6 Å². The van der Waals surface area contributed by atoms with E-state index in [2.05, 4.69) is 54.1 Å². The monoisotopic (exact) mass is 255 g/mol. The third-order valence-corrected chi connectivity index (χ3v) is 3.37. The highest BCUT2D eigenvalue weighted by Gasteiger charge is 2.07. The van der Waals surface area contributed by atoms with Gasteiger partial charge in [0.15, 0.2) is 0 Å². The molecule has 0 saturated carbocycles. The minimum Gasteiger partial charge on any atom is -0.343 e. The van der Waals surface area contributed by atoms with Gasteiger partial charge < -0.3 is 10.6 Å². The van der Waals surface area contributed by atoms with Crippen molar-refractivity contribution < 1.29 is 0 Å². The molecule has 1 aromatic carbocycles. The largest absolute Gasteiger partial charge is 0.343 e. The number of pyridine rings is 1. The minimum absolute atomic E-state index is 0.0262. The van der Waals surface area contributed by atoms with Gasteiger partial charge in [0.2, 0.25) is 0 Å². The van der Waals surface area contributed by atoms with E-state index in [0.29, 0.717) is 0 Å². The molecule has 0 saturated heterocycles.